The number of hydrogen-bond acceptors (Lipinski definition) is 2. The molecule has 2 aromatic carbocycles. The van der Waals surface area contributed by atoms with Gasteiger partial charge in [0.05, 0.1) is 13.0 Å². The van der Waals surface area contributed by atoms with Crippen molar-refractivity contribution in [1.29, 1.82) is 0 Å². The van der Waals surface area contributed by atoms with Crippen molar-refractivity contribution in [1.82, 2.24) is 0 Å². The van der Waals surface area contributed by atoms with Crippen molar-refractivity contribution in [3.63, 3.8) is 0 Å². The fourth-order valence-corrected chi connectivity index (χ4v) is 2.25. The van der Waals surface area contributed by atoms with Crippen LogP contribution in [0, 0.1) is 0 Å². The van der Waals surface area contributed by atoms with Crippen molar-refractivity contribution < 1.29 is 14.6 Å². The summed E-state index contributed by atoms with van der Waals surface area (Å²) in [5.41, 5.74) is 2.37. The van der Waals surface area contributed by atoms with Crippen LogP contribution in [-0.2, 0) is 11.2 Å². The Kier molecular flexibility index (Phi) is 4.64. The van der Waals surface area contributed by atoms with E-state index in [0.29, 0.717) is 17.2 Å². The third kappa shape index (κ3) is 3.31. The van der Waals surface area contributed by atoms with Crippen molar-refractivity contribution in [2.45, 2.75) is 13.3 Å². The molecule has 0 atom stereocenters. The molecule has 0 aliphatic heterocycles. The Morgan fingerprint density at radius 1 is 1.20 bits per heavy atom. The molecule has 0 unspecified atom stereocenters. The van der Waals surface area contributed by atoms with Gasteiger partial charge in [0.2, 0.25) is 0 Å². The Morgan fingerprint density at radius 3 is 2.65 bits per heavy atom. The molecule has 0 fully saturated rings. The lowest BCUT2D eigenvalue weighted by Gasteiger charge is -2.12. The van der Waals surface area contributed by atoms with Gasteiger partial charge in [-0.05, 0) is 30.7 Å². The van der Waals surface area contributed by atoms with Crippen molar-refractivity contribution in [2.24, 2.45) is 0 Å². The van der Waals surface area contributed by atoms with E-state index in [1.807, 2.05) is 31.2 Å². The molecule has 0 saturated heterocycles. The fraction of sp³-hybridized carbons (Fsp3) is 0.188. The van der Waals surface area contributed by atoms with E-state index in [9.17, 15) is 4.79 Å². The van der Waals surface area contributed by atoms with Gasteiger partial charge in [-0.15, -0.1) is 0 Å². The van der Waals surface area contributed by atoms with Crippen LogP contribution in [0.25, 0.3) is 11.1 Å². The van der Waals surface area contributed by atoms with Gasteiger partial charge in [0.25, 0.3) is 0 Å². The number of carbonyl (C=O) groups is 1. The Labute approximate surface area is 122 Å². The summed E-state index contributed by atoms with van der Waals surface area (Å²) in [5.74, 6) is -0.124. The highest BCUT2D eigenvalue weighted by atomic mass is 35.5. The lowest BCUT2D eigenvalue weighted by atomic mass is 10.0. The molecule has 0 amide bonds. The molecule has 4 heteroatoms. The Balaban J connectivity index is 2.48. The highest BCUT2D eigenvalue weighted by Gasteiger charge is 2.11. The summed E-state index contributed by atoms with van der Waals surface area (Å²) in [5, 5.41) is 9.45. The van der Waals surface area contributed by atoms with E-state index in [1.165, 1.54) is 0 Å². The van der Waals surface area contributed by atoms with Crippen LogP contribution in [0.3, 0.4) is 0 Å². The van der Waals surface area contributed by atoms with E-state index in [4.69, 9.17) is 21.4 Å². The minimum Gasteiger partial charge on any atom is -0.493 e. The number of para-hydroxylation sites is 1. The van der Waals surface area contributed by atoms with Crippen LogP contribution in [0.4, 0.5) is 0 Å². The zero-order chi connectivity index (χ0) is 14.5. The summed E-state index contributed by atoms with van der Waals surface area (Å²) in [4.78, 5) is 10.8. The number of aliphatic carboxylic acids is 1. The van der Waals surface area contributed by atoms with Gasteiger partial charge in [-0.1, -0.05) is 35.9 Å². The van der Waals surface area contributed by atoms with Gasteiger partial charge in [-0.2, -0.15) is 0 Å². The highest BCUT2D eigenvalue weighted by Crippen LogP contribution is 2.35. The summed E-state index contributed by atoms with van der Waals surface area (Å²) in [6.07, 6.45) is -0.0268. The molecule has 104 valence electrons. The first kappa shape index (κ1) is 14.4. The first-order valence-electron chi connectivity index (χ1n) is 6.34. The van der Waals surface area contributed by atoms with Crippen molar-refractivity contribution in [3.8, 4) is 16.9 Å². The summed E-state index contributed by atoms with van der Waals surface area (Å²) >= 11 is 6.24. The topological polar surface area (TPSA) is 46.5 Å². The maximum Gasteiger partial charge on any atom is 0.307 e. The molecule has 1 N–H and O–H groups in total. The van der Waals surface area contributed by atoms with Crippen LogP contribution in [0.2, 0.25) is 5.02 Å². The molecule has 2 aromatic rings. The molecular formula is C16H15ClO3. The van der Waals surface area contributed by atoms with Crippen LogP contribution in [0.15, 0.2) is 42.5 Å². The highest BCUT2D eigenvalue weighted by molar-refractivity contribution is 6.33. The van der Waals surface area contributed by atoms with Crippen LogP contribution in [0.1, 0.15) is 12.5 Å². The Morgan fingerprint density at radius 2 is 1.95 bits per heavy atom. The number of ether oxygens (including phenoxy) is 1. The molecule has 0 aliphatic rings. The molecular weight excluding hydrogens is 276 g/mol. The van der Waals surface area contributed by atoms with Crippen LogP contribution < -0.4 is 4.74 Å². The van der Waals surface area contributed by atoms with E-state index < -0.39 is 5.97 Å². The number of rotatable bonds is 5. The first-order chi connectivity index (χ1) is 9.61. The predicted octanol–water partition coefficient (Wildman–Crippen LogP) is 4.03. The second-order valence-electron chi connectivity index (χ2n) is 4.31. The second-order valence-corrected chi connectivity index (χ2v) is 4.72. The molecule has 0 radical (unpaired) electrons. The lowest BCUT2D eigenvalue weighted by molar-refractivity contribution is -0.136. The molecule has 0 spiro atoms. The first-order valence-corrected chi connectivity index (χ1v) is 6.72. The molecule has 0 bridgehead atoms. The fourth-order valence-electron chi connectivity index (χ4n) is 2.03. The Bertz CT molecular complexity index is 623. The standard InChI is InChI=1S/C16H15ClO3/c1-2-20-15-6-4-3-5-12(15)13-9-11(10-16(18)19)7-8-14(13)17/h3-9H,2,10H2,1H3,(H,18,19). The van der Waals surface area contributed by atoms with Gasteiger partial charge in [0.15, 0.2) is 0 Å². The number of benzene rings is 2. The quantitative estimate of drug-likeness (QED) is 0.904. The van der Waals surface area contributed by atoms with Crippen LogP contribution in [-0.4, -0.2) is 17.7 Å². The molecule has 2 rings (SSSR count). The zero-order valence-corrected chi connectivity index (χ0v) is 11.9. The zero-order valence-electron chi connectivity index (χ0n) is 11.1. The second kappa shape index (κ2) is 6.44. The SMILES string of the molecule is CCOc1ccccc1-c1cc(CC(=O)O)ccc1Cl. The van der Waals surface area contributed by atoms with Crippen molar-refractivity contribution in [3.05, 3.63) is 53.1 Å². The summed E-state index contributed by atoms with van der Waals surface area (Å²) < 4.78 is 5.59. The van der Waals surface area contributed by atoms with E-state index in [1.54, 1.807) is 18.2 Å². The average molecular weight is 291 g/mol. The van der Waals surface area contributed by atoms with E-state index in [-0.39, 0.29) is 6.42 Å². The molecule has 20 heavy (non-hydrogen) atoms. The third-order valence-electron chi connectivity index (χ3n) is 2.86. The number of hydrogen-bond donors (Lipinski definition) is 1. The van der Waals surface area contributed by atoms with Gasteiger partial charge in [-0.25, -0.2) is 0 Å². The van der Waals surface area contributed by atoms with Gasteiger partial charge < -0.3 is 9.84 Å². The van der Waals surface area contributed by atoms with Gasteiger partial charge in [-0.3, -0.25) is 4.79 Å². The normalized spacial score (nSPS) is 10.3. The van der Waals surface area contributed by atoms with Crippen molar-refractivity contribution >= 4 is 17.6 Å². The maximum absolute atomic E-state index is 10.8. The smallest absolute Gasteiger partial charge is 0.307 e. The minimum atomic E-state index is -0.864. The Hall–Kier alpha value is -2.00. The van der Waals surface area contributed by atoms with Gasteiger partial charge in [0.1, 0.15) is 5.75 Å². The molecule has 0 saturated carbocycles. The molecule has 0 heterocycles. The van der Waals surface area contributed by atoms with Crippen LogP contribution in [0.5, 0.6) is 5.75 Å². The predicted molar refractivity (Wildman–Crippen MR) is 79.4 cm³/mol. The van der Waals surface area contributed by atoms with E-state index in [2.05, 4.69) is 0 Å². The van der Waals surface area contributed by atoms with Gasteiger partial charge in [0, 0.05) is 16.1 Å². The van der Waals surface area contributed by atoms with Crippen molar-refractivity contribution in [2.75, 3.05) is 6.61 Å². The number of carboxylic acid groups (broad SMARTS) is 1. The summed E-state index contributed by atoms with van der Waals surface area (Å²) in [7, 11) is 0. The molecule has 0 aliphatic carbocycles. The number of halogens is 1. The van der Waals surface area contributed by atoms with E-state index in [0.717, 1.165) is 16.9 Å². The summed E-state index contributed by atoms with van der Waals surface area (Å²) in [6.45, 7) is 2.47. The van der Waals surface area contributed by atoms with E-state index >= 15 is 0 Å². The van der Waals surface area contributed by atoms with Gasteiger partial charge >= 0.3 is 5.97 Å². The average Bonchev–Trinajstić information content (AvgIpc) is 2.42. The third-order valence-corrected chi connectivity index (χ3v) is 3.19. The maximum atomic E-state index is 10.8. The van der Waals surface area contributed by atoms with Crippen LogP contribution >= 0.6 is 11.6 Å². The number of carboxylic acids is 1. The minimum absolute atomic E-state index is 0.0268. The summed E-state index contributed by atoms with van der Waals surface area (Å²) in [6, 6.07) is 12.8. The lowest BCUT2D eigenvalue weighted by Crippen LogP contribution is -2.00. The molecule has 3 nitrogen and oxygen atoms in total. The monoisotopic (exact) mass is 290 g/mol. The molecule has 0 aromatic heterocycles. The largest absolute Gasteiger partial charge is 0.493 e.